The molecule has 1 aromatic rings. The summed E-state index contributed by atoms with van der Waals surface area (Å²) in [4.78, 5) is 12.2. The Labute approximate surface area is 140 Å². The zero-order valence-corrected chi connectivity index (χ0v) is 14.9. The fraction of sp³-hybridized carbons (Fsp3) is 0.611. The van der Waals surface area contributed by atoms with Crippen molar-refractivity contribution >= 4 is 21.9 Å². The Balaban J connectivity index is 2.31. The number of hydrogen-bond acceptors (Lipinski definition) is 2. The summed E-state index contributed by atoms with van der Waals surface area (Å²) >= 11 is 3.71. The van der Waals surface area contributed by atoms with Crippen molar-refractivity contribution in [2.45, 2.75) is 63.7 Å². The van der Waals surface area contributed by atoms with Gasteiger partial charge in [-0.1, -0.05) is 12.8 Å². The average Bonchev–Trinajstić information content (AvgIpc) is 3.01. The van der Waals surface area contributed by atoms with Crippen molar-refractivity contribution in [3.63, 3.8) is 0 Å². The molecule has 22 heavy (non-hydrogen) atoms. The van der Waals surface area contributed by atoms with E-state index >= 15 is 0 Å². The largest absolute Gasteiger partial charge is 0.495 e. The molecule has 1 N–H and O–H groups in total. The number of fused-ring (bicyclic) bond motifs is 1. The highest BCUT2D eigenvalue weighted by Gasteiger charge is 2.47. The van der Waals surface area contributed by atoms with E-state index in [0.29, 0.717) is 12.8 Å². The van der Waals surface area contributed by atoms with Gasteiger partial charge in [0, 0.05) is 5.56 Å². The second-order valence-electron chi connectivity index (χ2n) is 6.61. The Morgan fingerprint density at radius 2 is 1.73 bits per heavy atom. The van der Waals surface area contributed by atoms with Gasteiger partial charge >= 0.3 is 5.97 Å². The number of halogens is 1. The van der Waals surface area contributed by atoms with Gasteiger partial charge in [0.15, 0.2) is 0 Å². The summed E-state index contributed by atoms with van der Waals surface area (Å²) in [5.74, 6) is 0.0523. The topological polar surface area (TPSA) is 46.5 Å². The van der Waals surface area contributed by atoms with Crippen LogP contribution in [0.4, 0.5) is 0 Å². The van der Waals surface area contributed by atoms with Gasteiger partial charge in [-0.3, -0.25) is 4.79 Å². The second kappa shape index (κ2) is 5.88. The summed E-state index contributed by atoms with van der Waals surface area (Å²) < 4.78 is 6.68. The Bertz CT molecular complexity index is 615. The second-order valence-corrected chi connectivity index (χ2v) is 7.40. The van der Waals surface area contributed by atoms with Crippen LogP contribution in [-0.2, 0) is 23.1 Å². The van der Waals surface area contributed by atoms with Gasteiger partial charge in [-0.2, -0.15) is 0 Å². The molecular weight excluding hydrogens is 344 g/mol. The molecule has 0 unspecified atom stereocenters. The number of ether oxygens (including phenoxy) is 1. The van der Waals surface area contributed by atoms with Crippen molar-refractivity contribution in [2.75, 3.05) is 7.11 Å². The van der Waals surface area contributed by atoms with Crippen molar-refractivity contribution in [1.82, 2.24) is 0 Å². The van der Waals surface area contributed by atoms with Crippen LogP contribution >= 0.6 is 15.9 Å². The molecule has 0 atom stereocenters. The Kier molecular flexibility index (Phi) is 4.23. The molecule has 2 aliphatic rings. The molecule has 0 aromatic heterocycles. The van der Waals surface area contributed by atoms with Crippen molar-refractivity contribution < 1.29 is 14.6 Å². The van der Waals surface area contributed by atoms with Gasteiger partial charge in [0.25, 0.3) is 0 Å². The lowest BCUT2D eigenvalue weighted by Crippen LogP contribution is -2.34. The maximum Gasteiger partial charge on any atom is 0.314 e. The van der Waals surface area contributed by atoms with Crippen LogP contribution in [-0.4, -0.2) is 18.2 Å². The lowest BCUT2D eigenvalue weighted by atomic mass is 9.73. The van der Waals surface area contributed by atoms with Crippen LogP contribution in [0.5, 0.6) is 5.75 Å². The molecule has 2 aliphatic carbocycles. The molecule has 1 aromatic carbocycles. The van der Waals surface area contributed by atoms with Gasteiger partial charge in [-0.15, -0.1) is 0 Å². The van der Waals surface area contributed by atoms with E-state index in [1.807, 2.05) is 0 Å². The number of methoxy groups -OCH3 is 1. The third-order valence-corrected chi connectivity index (χ3v) is 6.37. The van der Waals surface area contributed by atoms with Gasteiger partial charge in [-0.25, -0.2) is 0 Å². The molecule has 0 saturated heterocycles. The predicted molar refractivity (Wildman–Crippen MR) is 89.9 cm³/mol. The van der Waals surface area contributed by atoms with E-state index in [0.717, 1.165) is 47.0 Å². The van der Waals surface area contributed by atoms with Crippen LogP contribution in [0.2, 0.25) is 0 Å². The third kappa shape index (κ3) is 2.18. The van der Waals surface area contributed by atoms with E-state index < -0.39 is 11.4 Å². The third-order valence-electron chi connectivity index (χ3n) is 5.54. The number of carboxylic acid groups (broad SMARTS) is 1. The molecule has 0 spiro atoms. The Morgan fingerprint density at radius 1 is 1.14 bits per heavy atom. The smallest absolute Gasteiger partial charge is 0.314 e. The zero-order chi connectivity index (χ0) is 15.9. The summed E-state index contributed by atoms with van der Waals surface area (Å²) in [7, 11) is 1.66. The maximum atomic E-state index is 12.2. The van der Waals surface area contributed by atoms with Gasteiger partial charge in [0.1, 0.15) is 5.75 Å². The molecule has 120 valence electrons. The standard InChI is InChI=1S/C18H23BrO3/c1-11-12-7-3-4-8-13(12)15(19)16(22-2)14(11)18(17(20)21)9-5-6-10-18/h3-10H2,1-2H3,(H,20,21). The molecule has 0 bridgehead atoms. The molecule has 1 fully saturated rings. The molecule has 0 radical (unpaired) electrons. The first-order valence-electron chi connectivity index (χ1n) is 8.14. The van der Waals surface area contributed by atoms with Gasteiger partial charge in [0.2, 0.25) is 0 Å². The normalized spacial score (nSPS) is 19.8. The maximum absolute atomic E-state index is 12.2. The molecule has 3 nitrogen and oxygen atoms in total. The van der Waals surface area contributed by atoms with Crippen LogP contribution in [0.25, 0.3) is 0 Å². The van der Waals surface area contributed by atoms with Crippen LogP contribution in [0, 0.1) is 6.92 Å². The first-order chi connectivity index (χ1) is 10.5. The number of aliphatic carboxylic acids is 1. The minimum atomic E-state index is -0.773. The van der Waals surface area contributed by atoms with E-state index in [-0.39, 0.29) is 0 Å². The van der Waals surface area contributed by atoms with Crippen molar-refractivity contribution in [1.29, 1.82) is 0 Å². The summed E-state index contributed by atoms with van der Waals surface area (Å²) in [5, 5.41) is 9.99. The fourth-order valence-electron chi connectivity index (χ4n) is 4.45. The highest BCUT2D eigenvalue weighted by atomic mass is 79.9. The van der Waals surface area contributed by atoms with Crippen LogP contribution in [0.15, 0.2) is 4.47 Å². The molecule has 0 amide bonds. The molecule has 0 aliphatic heterocycles. The highest BCUT2D eigenvalue weighted by molar-refractivity contribution is 9.10. The van der Waals surface area contributed by atoms with Gasteiger partial charge in [0.05, 0.1) is 17.0 Å². The number of rotatable bonds is 3. The summed E-state index contributed by atoms with van der Waals surface area (Å²) in [6.45, 7) is 2.09. The van der Waals surface area contributed by atoms with E-state index in [1.54, 1.807) is 7.11 Å². The van der Waals surface area contributed by atoms with Crippen molar-refractivity contribution in [2.24, 2.45) is 0 Å². The van der Waals surface area contributed by atoms with Crippen LogP contribution in [0.3, 0.4) is 0 Å². The molecule has 3 rings (SSSR count). The quantitative estimate of drug-likeness (QED) is 0.853. The molecule has 1 saturated carbocycles. The van der Waals surface area contributed by atoms with Crippen LogP contribution in [0.1, 0.15) is 60.8 Å². The van der Waals surface area contributed by atoms with E-state index in [9.17, 15) is 9.90 Å². The first-order valence-corrected chi connectivity index (χ1v) is 8.94. The van der Waals surface area contributed by atoms with Crippen molar-refractivity contribution in [3.05, 3.63) is 26.7 Å². The molecule has 4 heteroatoms. The lowest BCUT2D eigenvalue weighted by Gasteiger charge is -2.32. The van der Waals surface area contributed by atoms with Gasteiger partial charge < -0.3 is 9.84 Å². The minimum absolute atomic E-state index is 0.700. The Hall–Kier alpha value is -1.03. The molecule has 0 heterocycles. The predicted octanol–water partition coefficient (Wildman–Crippen LogP) is 4.54. The van der Waals surface area contributed by atoms with Crippen LogP contribution < -0.4 is 4.74 Å². The lowest BCUT2D eigenvalue weighted by molar-refractivity contribution is -0.143. The van der Waals surface area contributed by atoms with E-state index in [2.05, 4.69) is 22.9 Å². The summed E-state index contributed by atoms with van der Waals surface area (Å²) in [5.41, 5.74) is 3.97. The number of benzene rings is 1. The first kappa shape index (κ1) is 15.9. The summed E-state index contributed by atoms with van der Waals surface area (Å²) in [6.07, 6.45) is 7.85. The summed E-state index contributed by atoms with van der Waals surface area (Å²) in [6, 6.07) is 0. The SMILES string of the molecule is COc1c(Br)c2c(c(C)c1C1(C(=O)O)CCCC1)CCCC2. The minimum Gasteiger partial charge on any atom is -0.495 e. The molecular formula is C18H23BrO3. The highest BCUT2D eigenvalue weighted by Crippen LogP contribution is 2.51. The van der Waals surface area contributed by atoms with Crippen molar-refractivity contribution in [3.8, 4) is 5.75 Å². The number of carboxylic acids is 1. The fourth-order valence-corrected chi connectivity index (χ4v) is 5.24. The Morgan fingerprint density at radius 3 is 2.27 bits per heavy atom. The zero-order valence-electron chi connectivity index (χ0n) is 13.3. The average molecular weight is 367 g/mol. The van der Waals surface area contributed by atoms with E-state index in [4.69, 9.17) is 4.74 Å². The number of hydrogen-bond donors (Lipinski definition) is 1. The number of carbonyl (C=O) groups is 1. The monoisotopic (exact) mass is 366 g/mol. The van der Waals surface area contributed by atoms with E-state index in [1.165, 1.54) is 24.0 Å². The van der Waals surface area contributed by atoms with Gasteiger partial charge in [-0.05, 0) is 78.1 Å².